The zero-order valence-corrected chi connectivity index (χ0v) is 18.0. The Morgan fingerprint density at radius 3 is 2.28 bits per heavy atom. The van der Waals surface area contributed by atoms with Crippen molar-refractivity contribution in [3.05, 3.63) is 0 Å². The lowest BCUT2D eigenvalue weighted by atomic mass is 10.1. The summed E-state index contributed by atoms with van der Waals surface area (Å²) in [5.74, 6) is -2.70. The quantitative estimate of drug-likeness (QED) is 0.111. The van der Waals surface area contributed by atoms with Gasteiger partial charge >= 0.3 is 5.97 Å². The van der Waals surface area contributed by atoms with Crippen molar-refractivity contribution in [3.63, 3.8) is 0 Å². The molecule has 0 aromatic rings. The number of carboxylic acids is 1. The van der Waals surface area contributed by atoms with Crippen molar-refractivity contribution in [2.75, 3.05) is 26.2 Å². The number of nitrogens with zero attached hydrogens (tertiary/aromatic N) is 3. The molecule has 2 aliphatic rings. The molecule has 13 heteroatoms. The zero-order chi connectivity index (χ0) is 23.8. The topological polar surface area (TPSA) is 218 Å². The number of nitrogens with two attached hydrogens (primary N) is 3. The summed E-state index contributed by atoms with van der Waals surface area (Å²) in [5, 5.41) is 21.1. The van der Waals surface area contributed by atoms with Crippen LogP contribution in [-0.2, 0) is 19.2 Å². The normalized spacial score (nSPS) is 22.3. The first kappa shape index (κ1) is 25.3. The summed E-state index contributed by atoms with van der Waals surface area (Å²) in [7, 11) is 0. The Balaban J connectivity index is 2.14. The number of hydrogen-bond donors (Lipinski definition) is 6. The highest BCUT2D eigenvalue weighted by Gasteiger charge is 2.43. The summed E-state index contributed by atoms with van der Waals surface area (Å²) in [6.07, 6.45) is 2.54. The van der Waals surface area contributed by atoms with E-state index in [1.165, 1.54) is 9.80 Å². The molecule has 0 aromatic carbocycles. The highest BCUT2D eigenvalue weighted by molar-refractivity contribution is 5.94. The van der Waals surface area contributed by atoms with E-state index in [1.54, 1.807) is 0 Å². The molecule has 2 aliphatic heterocycles. The molecule has 0 saturated carbocycles. The molecule has 4 atom stereocenters. The summed E-state index contributed by atoms with van der Waals surface area (Å²) in [5.41, 5.74) is 16.2. The molecule has 2 fully saturated rings. The predicted molar refractivity (Wildman–Crippen MR) is 114 cm³/mol. The van der Waals surface area contributed by atoms with Crippen LogP contribution >= 0.6 is 0 Å². The average molecular weight is 456 g/mol. The summed E-state index contributed by atoms with van der Waals surface area (Å²) >= 11 is 0. The molecule has 0 aromatic heterocycles. The number of nitrogens with one attached hydrogen (secondary N) is 1. The van der Waals surface area contributed by atoms with Crippen LogP contribution in [0.2, 0.25) is 0 Å². The van der Waals surface area contributed by atoms with Crippen LogP contribution in [-0.4, -0.2) is 100 Å². The van der Waals surface area contributed by atoms with E-state index >= 15 is 0 Å². The molecule has 0 bridgehead atoms. The number of aliphatic carboxylic acids is 1. The number of likely N-dealkylation sites (tertiary alicyclic amines) is 2. The van der Waals surface area contributed by atoms with E-state index in [0.717, 1.165) is 0 Å². The number of carbonyl (C=O) groups is 4. The third kappa shape index (κ3) is 6.29. The number of carboxylic acid groups (broad SMARTS) is 1. The molecular formula is C19H33N7O6. The third-order valence-corrected chi connectivity index (χ3v) is 5.74. The van der Waals surface area contributed by atoms with Gasteiger partial charge in [-0.2, -0.15) is 0 Å². The Bertz CT molecular complexity index is 742. The van der Waals surface area contributed by atoms with Crippen molar-refractivity contribution in [2.45, 2.75) is 62.7 Å². The summed E-state index contributed by atoms with van der Waals surface area (Å²) < 4.78 is 0. The van der Waals surface area contributed by atoms with E-state index in [0.29, 0.717) is 45.2 Å². The Hall–Kier alpha value is -2.93. The molecule has 2 rings (SSSR count). The number of guanidine groups is 1. The Morgan fingerprint density at radius 2 is 1.69 bits per heavy atom. The van der Waals surface area contributed by atoms with Crippen molar-refractivity contribution >= 4 is 29.7 Å². The van der Waals surface area contributed by atoms with Crippen molar-refractivity contribution in [1.82, 2.24) is 15.1 Å². The van der Waals surface area contributed by atoms with Gasteiger partial charge in [-0.1, -0.05) is 0 Å². The second-order valence-corrected chi connectivity index (χ2v) is 8.02. The van der Waals surface area contributed by atoms with Crippen LogP contribution in [0.4, 0.5) is 0 Å². The lowest BCUT2D eigenvalue weighted by Crippen LogP contribution is -2.57. The maximum Gasteiger partial charge on any atom is 0.326 e. The number of aliphatic hydroxyl groups excluding tert-OH is 1. The average Bonchev–Trinajstić information content (AvgIpc) is 3.43. The largest absolute Gasteiger partial charge is 0.480 e. The molecule has 2 heterocycles. The van der Waals surface area contributed by atoms with Crippen molar-refractivity contribution in [1.29, 1.82) is 0 Å². The van der Waals surface area contributed by atoms with Crippen LogP contribution in [0, 0.1) is 0 Å². The number of amides is 3. The Labute approximate surface area is 186 Å². The minimum Gasteiger partial charge on any atom is -0.480 e. The van der Waals surface area contributed by atoms with Crippen molar-refractivity contribution < 1.29 is 29.4 Å². The van der Waals surface area contributed by atoms with Crippen LogP contribution in [0.5, 0.6) is 0 Å². The van der Waals surface area contributed by atoms with Gasteiger partial charge in [-0.15, -0.1) is 0 Å². The zero-order valence-electron chi connectivity index (χ0n) is 18.0. The first-order chi connectivity index (χ1) is 15.2. The molecule has 13 nitrogen and oxygen atoms in total. The molecule has 4 unspecified atom stereocenters. The SMILES string of the molecule is NC(N)=NCCCC(NC(=O)C(N)CO)C(=O)N1CCCC1C(=O)N1CCCC1C(=O)O. The predicted octanol–water partition coefficient (Wildman–Crippen LogP) is -3.09. The van der Waals surface area contributed by atoms with Crippen LogP contribution in [0.1, 0.15) is 38.5 Å². The lowest BCUT2D eigenvalue weighted by Gasteiger charge is -2.32. The summed E-state index contributed by atoms with van der Waals surface area (Å²) in [4.78, 5) is 56.7. The monoisotopic (exact) mass is 455 g/mol. The van der Waals surface area contributed by atoms with E-state index in [-0.39, 0.29) is 18.9 Å². The van der Waals surface area contributed by atoms with E-state index in [1.807, 2.05) is 0 Å². The minimum absolute atomic E-state index is 0.0944. The highest BCUT2D eigenvalue weighted by atomic mass is 16.4. The van der Waals surface area contributed by atoms with E-state index in [2.05, 4.69) is 10.3 Å². The molecular weight excluding hydrogens is 422 g/mol. The molecule has 9 N–H and O–H groups in total. The van der Waals surface area contributed by atoms with E-state index in [9.17, 15) is 24.3 Å². The number of aliphatic hydroxyl groups is 1. The lowest BCUT2D eigenvalue weighted by molar-refractivity contribution is -0.152. The Morgan fingerprint density at radius 1 is 1.06 bits per heavy atom. The van der Waals surface area contributed by atoms with Gasteiger partial charge in [-0.25, -0.2) is 4.79 Å². The van der Waals surface area contributed by atoms with Crippen molar-refractivity contribution in [2.24, 2.45) is 22.2 Å². The fraction of sp³-hybridized carbons (Fsp3) is 0.737. The number of carbonyl (C=O) groups excluding carboxylic acids is 3. The fourth-order valence-electron chi connectivity index (χ4n) is 4.09. The first-order valence-electron chi connectivity index (χ1n) is 10.7. The van der Waals surface area contributed by atoms with Gasteiger partial charge < -0.3 is 42.5 Å². The number of aliphatic imine (C=N–C) groups is 1. The van der Waals surface area contributed by atoms with Crippen LogP contribution < -0.4 is 22.5 Å². The molecule has 0 aliphatic carbocycles. The molecule has 32 heavy (non-hydrogen) atoms. The molecule has 180 valence electrons. The van der Waals surface area contributed by atoms with Gasteiger partial charge in [-0.3, -0.25) is 19.4 Å². The van der Waals surface area contributed by atoms with E-state index < -0.39 is 54.5 Å². The second-order valence-electron chi connectivity index (χ2n) is 8.02. The number of hydrogen-bond acceptors (Lipinski definition) is 7. The molecule has 0 radical (unpaired) electrons. The van der Waals surface area contributed by atoms with E-state index in [4.69, 9.17) is 22.3 Å². The molecule has 3 amide bonds. The highest BCUT2D eigenvalue weighted by Crippen LogP contribution is 2.26. The molecule has 2 saturated heterocycles. The maximum atomic E-state index is 13.3. The number of rotatable bonds is 10. The Kier molecular flexibility index (Phi) is 9.20. The van der Waals surface area contributed by atoms with Gasteiger partial charge in [0, 0.05) is 19.6 Å². The van der Waals surface area contributed by atoms with Crippen LogP contribution in [0.15, 0.2) is 4.99 Å². The minimum atomic E-state index is -1.19. The molecule has 0 spiro atoms. The fourth-order valence-corrected chi connectivity index (χ4v) is 4.09. The second kappa shape index (κ2) is 11.6. The van der Waals surface area contributed by atoms with Gasteiger partial charge in [0.2, 0.25) is 17.7 Å². The maximum absolute atomic E-state index is 13.3. The summed E-state index contributed by atoms with van der Waals surface area (Å²) in [6, 6.07) is -3.86. The third-order valence-electron chi connectivity index (χ3n) is 5.74. The first-order valence-corrected chi connectivity index (χ1v) is 10.7. The van der Waals surface area contributed by atoms with Gasteiger partial charge in [-0.05, 0) is 38.5 Å². The van der Waals surface area contributed by atoms with Crippen LogP contribution in [0.25, 0.3) is 0 Å². The van der Waals surface area contributed by atoms with Gasteiger partial charge in [0.25, 0.3) is 0 Å². The van der Waals surface area contributed by atoms with Gasteiger partial charge in [0.15, 0.2) is 5.96 Å². The van der Waals surface area contributed by atoms with Gasteiger partial charge in [0.05, 0.1) is 6.61 Å². The van der Waals surface area contributed by atoms with Crippen molar-refractivity contribution in [3.8, 4) is 0 Å². The van der Waals surface area contributed by atoms with Crippen LogP contribution in [0.3, 0.4) is 0 Å². The van der Waals surface area contributed by atoms with Gasteiger partial charge in [0.1, 0.15) is 24.2 Å². The standard InChI is InChI=1S/C19H33N7O6/c20-11(10-27)15(28)24-12(4-1-7-23-19(21)22)16(29)25-8-2-5-13(25)17(30)26-9-3-6-14(26)18(31)32/h11-14,27H,1-10,20H2,(H,24,28)(H,31,32)(H4,21,22,23). The summed E-state index contributed by atoms with van der Waals surface area (Å²) in [6.45, 7) is 0.299. The smallest absolute Gasteiger partial charge is 0.326 e.